The first-order valence-corrected chi connectivity index (χ1v) is 12.3. The fraction of sp³-hybridized carbons (Fsp3) is 0.138. The van der Waals surface area contributed by atoms with Gasteiger partial charge in [0.05, 0.1) is 27.2 Å². The van der Waals surface area contributed by atoms with Crippen LogP contribution in [0.15, 0.2) is 90.2 Å². The molecule has 7 heteroatoms. The summed E-state index contributed by atoms with van der Waals surface area (Å²) >= 11 is 1.25. The standard InChI is InChI=1S/C29H24N2O4S/c1-17-12-14-21(15-13-17)31-25(20-8-7-11-23(16-20)35-22-9-5-4-6-10-22)24(27(33)29(31)34)26(32)28-18(2)30-19(3)36-28/h4-16,25,33H,1-3H3. The number of ether oxygens (including phenoxy) is 1. The number of para-hydroxylation sites is 1. The SMILES string of the molecule is Cc1ccc(N2C(=O)C(O)=C(C(=O)c3sc(C)nc3C)C2c2cccc(Oc3ccccc3)c2)cc1. The molecule has 6 nitrogen and oxygen atoms in total. The Hall–Kier alpha value is -4.23. The van der Waals surface area contributed by atoms with Crippen LogP contribution in [0, 0.1) is 20.8 Å². The monoisotopic (exact) mass is 496 g/mol. The lowest BCUT2D eigenvalue weighted by molar-refractivity contribution is -0.117. The quantitative estimate of drug-likeness (QED) is 0.303. The Morgan fingerprint density at radius 3 is 2.31 bits per heavy atom. The molecule has 1 aliphatic rings. The third-order valence-corrected chi connectivity index (χ3v) is 7.10. The van der Waals surface area contributed by atoms with Gasteiger partial charge in [-0.2, -0.15) is 0 Å². The summed E-state index contributed by atoms with van der Waals surface area (Å²) in [5, 5.41) is 11.8. The molecule has 3 aromatic carbocycles. The highest BCUT2D eigenvalue weighted by Crippen LogP contribution is 2.43. The van der Waals surface area contributed by atoms with Gasteiger partial charge in [0.15, 0.2) is 5.76 Å². The number of Topliss-reactive ketones (excluding diaryl/α,β-unsaturated/α-hetero) is 1. The molecule has 36 heavy (non-hydrogen) atoms. The normalized spacial score (nSPS) is 15.5. The Labute approximate surface area is 213 Å². The van der Waals surface area contributed by atoms with Gasteiger partial charge in [-0.1, -0.05) is 48.0 Å². The van der Waals surface area contributed by atoms with Crippen LogP contribution in [0.4, 0.5) is 5.69 Å². The molecule has 0 saturated carbocycles. The molecular weight excluding hydrogens is 472 g/mol. The smallest absolute Gasteiger partial charge is 0.294 e. The minimum Gasteiger partial charge on any atom is -0.503 e. The summed E-state index contributed by atoms with van der Waals surface area (Å²) in [5.41, 5.74) is 2.86. The largest absolute Gasteiger partial charge is 0.503 e. The van der Waals surface area contributed by atoms with Crippen LogP contribution in [0.25, 0.3) is 0 Å². The maximum atomic E-state index is 13.8. The number of carbonyl (C=O) groups excluding carboxylic acids is 2. The van der Waals surface area contributed by atoms with E-state index in [2.05, 4.69) is 4.98 Å². The number of ketones is 1. The van der Waals surface area contributed by atoms with Crippen LogP contribution in [0.1, 0.15) is 37.5 Å². The zero-order valence-corrected chi connectivity index (χ0v) is 20.9. The number of carbonyl (C=O) groups is 2. The molecule has 1 aliphatic heterocycles. The molecule has 1 unspecified atom stereocenters. The van der Waals surface area contributed by atoms with Gasteiger partial charge in [-0.15, -0.1) is 11.3 Å². The average Bonchev–Trinajstić information content (AvgIpc) is 3.35. The highest BCUT2D eigenvalue weighted by atomic mass is 32.1. The molecule has 2 heterocycles. The van der Waals surface area contributed by atoms with Crippen molar-refractivity contribution in [1.82, 2.24) is 4.98 Å². The number of rotatable bonds is 6. The molecular formula is C29H24N2O4S. The fourth-order valence-corrected chi connectivity index (χ4v) is 5.24. The molecule has 0 aliphatic carbocycles. The molecule has 4 aromatic rings. The van der Waals surface area contributed by atoms with Crippen molar-refractivity contribution in [3.8, 4) is 11.5 Å². The third kappa shape index (κ3) is 4.29. The molecule has 0 spiro atoms. The Morgan fingerprint density at radius 2 is 1.64 bits per heavy atom. The minimum atomic E-state index is -0.839. The van der Waals surface area contributed by atoms with Gasteiger partial charge in [-0.3, -0.25) is 14.5 Å². The summed E-state index contributed by atoms with van der Waals surface area (Å²) in [6, 6.07) is 23.2. The molecule has 1 atom stereocenters. The van der Waals surface area contributed by atoms with Crippen molar-refractivity contribution in [1.29, 1.82) is 0 Å². The van der Waals surface area contributed by atoms with Crippen molar-refractivity contribution in [3.63, 3.8) is 0 Å². The van der Waals surface area contributed by atoms with Crippen molar-refractivity contribution in [2.45, 2.75) is 26.8 Å². The Kier molecular flexibility index (Phi) is 6.16. The molecule has 0 radical (unpaired) electrons. The summed E-state index contributed by atoms with van der Waals surface area (Å²) in [4.78, 5) is 33.4. The minimum absolute atomic E-state index is 0.0317. The first-order chi connectivity index (χ1) is 17.3. The number of anilines is 1. The van der Waals surface area contributed by atoms with Gasteiger partial charge in [0.2, 0.25) is 5.78 Å². The van der Waals surface area contributed by atoms with E-state index >= 15 is 0 Å². The number of aliphatic hydroxyl groups is 1. The number of aryl methyl sites for hydroxylation is 3. The van der Waals surface area contributed by atoms with E-state index in [1.165, 1.54) is 16.2 Å². The second-order valence-electron chi connectivity index (χ2n) is 8.64. The Balaban J connectivity index is 1.63. The Bertz CT molecular complexity index is 1490. The van der Waals surface area contributed by atoms with Gasteiger partial charge in [0, 0.05) is 5.69 Å². The van der Waals surface area contributed by atoms with Crippen LogP contribution >= 0.6 is 11.3 Å². The van der Waals surface area contributed by atoms with E-state index in [0.29, 0.717) is 33.3 Å². The molecule has 1 N–H and O–H groups in total. The molecule has 5 rings (SSSR count). The first kappa shape index (κ1) is 23.5. The van der Waals surface area contributed by atoms with Crippen LogP contribution in [0.3, 0.4) is 0 Å². The van der Waals surface area contributed by atoms with E-state index < -0.39 is 23.5 Å². The van der Waals surface area contributed by atoms with E-state index in [4.69, 9.17) is 4.74 Å². The molecule has 1 amide bonds. The van der Waals surface area contributed by atoms with Gasteiger partial charge >= 0.3 is 0 Å². The predicted molar refractivity (Wildman–Crippen MR) is 140 cm³/mol. The van der Waals surface area contributed by atoms with Crippen molar-refractivity contribution >= 4 is 28.7 Å². The van der Waals surface area contributed by atoms with Crippen molar-refractivity contribution < 1.29 is 19.4 Å². The number of hydrogen-bond acceptors (Lipinski definition) is 6. The maximum absolute atomic E-state index is 13.8. The Morgan fingerprint density at radius 1 is 0.944 bits per heavy atom. The van der Waals surface area contributed by atoms with E-state index in [1.807, 2.05) is 86.6 Å². The van der Waals surface area contributed by atoms with Crippen molar-refractivity contribution in [2.75, 3.05) is 4.90 Å². The molecule has 1 aromatic heterocycles. The summed E-state index contributed by atoms with van der Waals surface area (Å²) in [6.07, 6.45) is 0. The van der Waals surface area contributed by atoms with Crippen LogP contribution in [0.2, 0.25) is 0 Å². The highest BCUT2D eigenvalue weighted by Gasteiger charge is 2.45. The maximum Gasteiger partial charge on any atom is 0.294 e. The van der Waals surface area contributed by atoms with Gasteiger partial charge < -0.3 is 9.84 Å². The average molecular weight is 497 g/mol. The number of nitrogens with zero attached hydrogens (tertiary/aromatic N) is 2. The summed E-state index contributed by atoms with van der Waals surface area (Å²) < 4.78 is 6.02. The van der Waals surface area contributed by atoms with Gasteiger partial charge in [0.25, 0.3) is 5.91 Å². The molecule has 0 bridgehead atoms. The molecule has 0 fully saturated rings. The zero-order valence-electron chi connectivity index (χ0n) is 20.1. The zero-order chi connectivity index (χ0) is 25.4. The van der Waals surface area contributed by atoms with E-state index in [1.54, 1.807) is 13.0 Å². The number of aromatic nitrogens is 1. The fourth-order valence-electron chi connectivity index (χ4n) is 4.36. The summed E-state index contributed by atoms with van der Waals surface area (Å²) in [7, 11) is 0. The van der Waals surface area contributed by atoms with E-state index in [-0.39, 0.29) is 5.57 Å². The lowest BCUT2D eigenvalue weighted by Crippen LogP contribution is -2.31. The topological polar surface area (TPSA) is 79.7 Å². The van der Waals surface area contributed by atoms with Crippen molar-refractivity contribution in [2.24, 2.45) is 0 Å². The first-order valence-electron chi connectivity index (χ1n) is 11.5. The predicted octanol–water partition coefficient (Wildman–Crippen LogP) is 6.64. The molecule has 180 valence electrons. The summed E-state index contributed by atoms with van der Waals surface area (Å²) in [5.74, 6) is -0.361. The lowest BCUT2D eigenvalue weighted by atomic mass is 9.94. The van der Waals surface area contributed by atoms with Crippen LogP contribution in [-0.2, 0) is 4.79 Å². The van der Waals surface area contributed by atoms with E-state index in [0.717, 1.165) is 10.6 Å². The number of amides is 1. The van der Waals surface area contributed by atoms with Gasteiger partial charge in [-0.25, -0.2) is 4.98 Å². The summed E-state index contributed by atoms with van der Waals surface area (Å²) in [6.45, 7) is 5.53. The van der Waals surface area contributed by atoms with Crippen LogP contribution in [-0.4, -0.2) is 21.8 Å². The second-order valence-corrected chi connectivity index (χ2v) is 9.84. The van der Waals surface area contributed by atoms with Crippen molar-refractivity contribution in [3.05, 3.63) is 117 Å². The highest BCUT2D eigenvalue weighted by molar-refractivity contribution is 7.14. The van der Waals surface area contributed by atoms with Crippen LogP contribution in [0.5, 0.6) is 11.5 Å². The molecule has 0 saturated heterocycles. The van der Waals surface area contributed by atoms with Crippen LogP contribution < -0.4 is 9.64 Å². The number of thiazole rings is 1. The van der Waals surface area contributed by atoms with Gasteiger partial charge in [-0.05, 0) is 62.7 Å². The van der Waals surface area contributed by atoms with E-state index in [9.17, 15) is 14.7 Å². The number of benzene rings is 3. The second kappa shape index (κ2) is 9.43. The lowest BCUT2D eigenvalue weighted by Gasteiger charge is -2.27. The third-order valence-electron chi connectivity index (χ3n) is 6.03. The number of aliphatic hydroxyl groups excluding tert-OH is 1. The van der Waals surface area contributed by atoms with Gasteiger partial charge in [0.1, 0.15) is 11.5 Å². The number of hydrogen-bond donors (Lipinski definition) is 1.